The number of aromatic nitrogens is 2. The molecule has 0 saturated carbocycles. The molecule has 1 aromatic carbocycles. The number of aliphatic imine (C=N–C) groups is 1. The van der Waals surface area contributed by atoms with Gasteiger partial charge in [0.05, 0.1) is 30.7 Å². The third kappa shape index (κ3) is 6.20. The maximum Gasteiger partial charge on any atom is 0.210 e. The van der Waals surface area contributed by atoms with Gasteiger partial charge in [-0.15, -0.1) is 0 Å². The number of nitrogens with zero attached hydrogens (tertiary/aromatic N) is 3. The highest BCUT2D eigenvalue weighted by Crippen LogP contribution is 2.16. The van der Waals surface area contributed by atoms with Gasteiger partial charge in [0.1, 0.15) is 5.82 Å². The molecule has 1 aromatic heterocycles. The Morgan fingerprint density at radius 2 is 2.08 bits per heavy atom. The first-order valence-corrected chi connectivity index (χ1v) is 9.70. The number of primary sulfonamides is 1. The lowest BCUT2D eigenvalue weighted by Gasteiger charge is -2.21. The molecule has 25 heavy (non-hydrogen) atoms. The Balaban J connectivity index is 2.04. The molecule has 8 nitrogen and oxygen atoms in total. The van der Waals surface area contributed by atoms with Gasteiger partial charge in [0, 0.05) is 13.6 Å². The van der Waals surface area contributed by atoms with Gasteiger partial charge >= 0.3 is 0 Å². The smallest absolute Gasteiger partial charge is 0.210 e. The normalized spacial score (nSPS) is 12.2. The molecular formula is C16H24N6O2S. The van der Waals surface area contributed by atoms with E-state index >= 15 is 0 Å². The zero-order valence-corrected chi connectivity index (χ0v) is 15.3. The van der Waals surface area contributed by atoms with Crippen molar-refractivity contribution in [2.45, 2.75) is 13.5 Å². The van der Waals surface area contributed by atoms with Crippen LogP contribution in [0.4, 0.5) is 0 Å². The van der Waals surface area contributed by atoms with E-state index in [1.807, 2.05) is 49.2 Å². The summed E-state index contributed by atoms with van der Waals surface area (Å²) >= 11 is 0. The molecule has 2 aromatic rings. The van der Waals surface area contributed by atoms with E-state index in [2.05, 4.69) is 20.3 Å². The molecule has 136 valence electrons. The van der Waals surface area contributed by atoms with E-state index in [0.717, 1.165) is 17.1 Å². The second kappa shape index (κ2) is 8.63. The zero-order chi connectivity index (χ0) is 18.3. The summed E-state index contributed by atoms with van der Waals surface area (Å²) in [4.78, 5) is 13.9. The minimum absolute atomic E-state index is 0.110. The lowest BCUT2D eigenvalue weighted by Crippen LogP contribution is -2.39. The Bertz CT molecular complexity index is 801. The second-order valence-corrected chi connectivity index (χ2v) is 7.30. The fourth-order valence-electron chi connectivity index (χ4n) is 2.26. The maximum atomic E-state index is 11.0. The van der Waals surface area contributed by atoms with Crippen LogP contribution in [0.5, 0.6) is 0 Å². The van der Waals surface area contributed by atoms with Gasteiger partial charge in [-0.05, 0) is 12.5 Å². The Morgan fingerprint density at radius 3 is 2.72 bits per heavy atom. The molecule has 0 atom stereocenters. The molecule has 0 saturated heterocycles. The number of hydrogen-bond acceptors (Lipinski definition) is 4. The van der Waals surface area contributed by atoms with Crippen LogP contribution in [0.3, 0.4) is 0 Å². The van der Waals surface area contributed by atoms with Gasteiger partial charge in [-0.3, -0.25) is 4.99 Å². The molecule has 0 spiro atoms. The van der Waals surface area contributed by atoms with Crippen LogP contribution < -0.4 is 10.5 Å². The number of H-pyrrole nitrogens is 1. The molecule has 0 unspecified atom stereocenters. The average molecular weight is 364 g/mol. The first-order chi connectivity index (χ1) is 11.9. The fraction of sp³-hybridized carbons (Fsp3) is 0.375. The SMILES string of the molecule is CCNC(=NCCS(N)(=O)=O)N(C)Cc1ncc(-c2ccccc2)[nH]1. The summed E-state index contributed by atoms with van der Waals surface area (Å²) in [5, 5.41) is 8.13. The van der Waals surface area contributed by atoms with Gasteiger partial charge in [-0.25, -0.2) is 18.5 Å². The molecule has 0 aliphatic heterocycles. The van der Waals surface area contributed by atoms with Gasteiger partial charge < -0.3 is 15.2 Å². The Labute approximate surface area is 148 Å². The van der Waals surface area contributed by atoms with Crippen molar-refractivity contribution in [2.75, 3.05) is 25.9 Å². The van der Waals surface area contributed by atoms with Gasteiger partial charge in [0.25, 0.3) is 0 Å². The first-order valence-electron chi connectivity index (χ1n) is 7.98. The molecule has 2 rings (SSSR count). The van der Waals surface area contributed by atoms with E-state index in [1.165, 1.54) is 0 Å². The van der Waals surface area contributed by atoms with Gasteiger partial charge in [-0.2, -0.15) is 0 Å². The second-order valence-electron chi connectivity index (χ2n) is 5.57. The zero-order valence-electron chi connectivity index (χ0n) is 14.4. The standard InChI is InChI=1S/C16H24N6O2S/c1-3-18-16(19-9-10-25(17,23)24)22(2)12-15-20-11-14(21-15)13-7-5-4-6-8-13/h4-8,11H,3,9-10,12H2,1-2H3,(H,18,19)(H,20,21)(H2,17,23,24). The van der Waals surface area contributed by atoms with E-state index in [0.29, 0.717) is 19.0 Å². The molecule has 0 aliphatic rings. The largest absolute Gasteiger partial charge is 0.357 e. The number of nitrogens with one attached hydrogen (secondary N) is 2. The van der Waals surface area contributed by atoms with Crippen LogP contribution in [0.15, 0.2) is 41.5 Å². The van der Waals surface area contributed by atoms with Crippen molar-refractivity contribution in [1.82, 2.24) is 20.2 Å². The van der Waals surface area contributed by atoms with Crippen LogP contribution in [-0.4, -0.2) is 55.1 Å². The van der Waals surface area contributed by atoms with E-state index in [1.54, 1.807) is 6.20 Å². The topological polar surface area (TPSA) is 116 Å². The summed E-state index contributed by atoms with van der Waals surface area (Å²) in [6.07, 6.45) is 1.80. The minimum atomic E-state index is -3.52. The monoisotopic (exact) mass is 364 g/mol. The summed E-state index contributed by atoms with van der Waals surface area (Å²) in [5.74, 6) is 1.21. The molecule has 1 heterocycles. The van der Waals surface area contributed by atoms with Crippen molar-refractivity contribution in [2.24, 2.45) is 10.1 Å². The third-order valence-electron chi connectivity index (χ3n) is 3.43. The fourth-order valence-corrected chi connectivity index (χ4v) is 2.60. The van der Waals surface area contributed by atoms with Crippen molar-refractivity contribution in [3.8, 4) is 11.3 Å². The van der Waals surface area contributed by atoms with Crippen molar-refractivity contribution in [3.63, 3.8) is 0 Å². The Morgan fingerprint density at radius 1 is 1.36 bits per heavy atom. The van der Waals surface area contributed by atoms with Gasteiger partial charge in [-0.1, -0.05) is 30.3 Å². The summed E-state index contributed by atoms with van der Waals surface area (Å²) in [6, 6.07) is 9.95. The van der Waals surface area contributed by atoms with Crippen LogP contribution in [-0.2, 0) is 16.6 Å². The molecule has 0 bridgehead atoms. The summed E-state index contributed by atoms with van der Waals surface area (Å²) in [6.45, 7) is 3.24. The molecule has 0 fully saturated rings. The van der Waals surface area contributed by atoms with Crippen LogP contribution in [0.25, 0.3) is 11.3 Å². The highest BCUT2D eigenvalue weighted by Gasteiger charge is 2.10. The van der Waals surface area contributed by atoms with Crippen molar-refractivity contribution >= 4 is 16.0 Å². The molecule has 4 N–H and O–H groups in total. The lowest BCUT2D eigenvalue weighted by atomic mass is 10.2. The quantitative estimate of drug-likeness (QED) is 0.495. The third-order valence-corrected chi connectivity index (χ3v) is 4.19. The number of hydrogen-bond donors (Lipinski definition) is 3. The van der Waals surface area contributed by atoms with E-state index < -0.39 is 10.0 Å². The predicted octanol–water partition coefficient (Wildman–Crippen LogP) is 0.763. The van der Waals surface area contributed by atoms with E-state index in [-0.39, 0.29) is 12.3 Å². The Kier molecular flexibility index (Phi) is 6.54. The van der Waals surface area contributed by atoms with E-state index in [9.17, 15) is 8.42 Å². The van der Waals surface area contributed by atoms with Crippen LogP contribution in [0, 0.1) is 0 Å². The van der Waals surface area contributed by atoms with Crippen molar-refractivity contribution < 1.29 is 8.42 Å². The number of aromatic amines is 1. The van der Waals surface area contributed by atoms with Crippen LogP contribution >= 0.6 is 0 Å². The highest BCUT2D eigenvalue weighted by molar-refractivity contribution is 7.89. The summed E-state index contributed by atoms with van der Waals surface area (Å²) in [5.41, 5.74) is 2.01. The van der Waals surface area contributed by atoms with Gasteiger partial charge in [0.2, 0.25) is 10.0 Å². The van der Waals surface area contributed by atoms with Gasteiger partial charge in [0.15, 0.2) is 5.96 Å². The number of benzene rings is 1. The van der Waals surface area contributed by atoms with Crippen molar-refractivity contribution in [3.05, 3.63) is 42.4 Å². The lowest BCUT2D eigenvalue weighted by molar-refractivity contribution is 0.464. The molecule has 0 aliphatic carbocycles. The predicted molar refractivity (Wildman–Crippen MR) is 99.4 cm³/mol. The maximum absolute atomic E-state index is 11.0. The van der Waals surface area contributed by atoms with Crippen LogP contribution in [0.1, 0.15) is 12.7 Å². The van der Waals surface area contributed by atoms with Crippen LogP contribution in [0.2, 0.25) is 0 Å². The number of rotatable bonds is 7. The molecular weight excluding hydrogens is 340 g/mol. The highest BCUT2D eigenvalue weighted by atomic mass is 32.2. The first kappa shape index (κ1) is 18.9. The number of sulfonamides is 1. The number of guanidine groups is 1. The Hall–Kier alpha value is -2.39. The van der Waals surface area contributed by atoms with E-state index in [4.69, 9.17) is 5.14 Å². The summed E-state index contributed by atoms with van der Waals surface area (Å²) in [7, 11) is -1.65. The molecule has 0 amide bonds. The minimum Gasteiger partial charge on any atom is -0.357 e. The van der Waals surface area contributed by atoms with Crippen molar-refractivity contribution in [1.29, 1.82) is 0 Å². The number of imidazole rings is 1. The summed E-state index contributed by atoms with van der Waals surface area (Å²) < 4.78 is 22.1. The number of nitrogens with two attached hydrogens (primary N) is 1. The molecule has 9 heteroatoms. The average Bonchev–Trinajstić information content (AvgIpc) is 3.02. The molecule has 0 radical (unpaired) electrons.